The molecule has 0 atom stereocenters. The highest BCUT2D eigenvalue weighted by Crippen LogP contribution is 2.40. The maximum atomic E-state index is 13.7. The first-order valence-electron chi connectivity index (χ1n) is 8.37. The molecule has 3 nitrogen and oxygen atoms in total. The van der Waals surface area contributed by atoms with Crippen molar-refractivity contribution < 1.29 is 13.6 Å². The number of hydrogen-bond acceptors (Lipinski definition) is 3. The summed E-state index contributed by atoms with van der Waals surface area (Å²) in [6, 6.07) is 6.86. The number of pyridine rings is 1. The molecular weight excluding hydrogens is 354 g/mol. The molecule has 26 heavy (non-hydrogen) atoms. The summed E-state index contributed by atoms with van der Waals surface area (Å²) in [6.45, 7) is 2.11. The number of anilines is 1. The van der Waals surface area contributed by atoms with Gasteiger partial charge < -0.3 is 5.32 Å². The summed E-state index contributed by atoms with van der Waals surface area (Å²) < 4.78 is 27.4. The van der Waals surface area contributed by atoms with E-state index in [0.29, 0.717) is 0 Å². The van der Waals surface area contributed by atoms with Crippen LogP contribution in [0.15, 0.2) is 36.5 Å². The van der Waals surface area contributed by atoms with Crippen LogP contribution >= 0.6 is 11.3 Å². The molecule has 0 radical (unpaired) electrons. The Balaban J connectivity index is 1.58. The lowest BCUT2D eigenvalue weighted by atomic mass is 10.0. The number of aryl methyl sites for hydroxylation is 2. The maximum Gasteiger partial charge on any atom is 0.262 e. The summed E-state index contributed by atoms with van der Waals surface area (Å²) in [4.78, 5) is 19.1. The van der Waals surface area contributed by atoms with Gasteiger partial charge in [0.25, 0.3) is 5.91 Å². The van der Waals surface area contributed by atoms with E-state index in [2.05, 4.69) is 17.2 Å². The quantitative estimate of drug-likeness (QED) is 0.694. The number of carbonyl (C=O) groups excluding carboxylic acids is 1. The smallest absolute Gasteiger partial charge is 0.262 e. The summed E-state index contributed by atoms with van der Waals surface area (Å²) >= 11 is 1.83. The van der Waals surface area contributed by atoms with Crippen LogP contribution in [0.1, 0.15) is 32.1 Å². The standard InChI is InChI=1S/C20H16F2N2OS/c1-11-18(13-4-2-7-16(13)26-11)12-8-9-17(23-10-12)24-20(25)19-14(21)5-3-6-15(19)22/h3,5-6,8-10H,2,4,7H2,1H3,(H,23,24,25). The molecule has 132 valence electrons. The lowest BCUT2D eigenvalue weighted by Crippen LogP contribution is -2.16. The van der Waals surface area contributed by atoms with Gasteiger partial charge in [0.2, 0.25) is 0 Å². The molecule has 1 aliphatic carbocycles. The number of thiophene rings is 1. The second-order valence-corrected chi connectivity index (χ2v) is 7.58. The molecule has 0 unspecified atom stereocenters. The number of amides is 1. The van der Waals surface area contributed by atoms with Crippen LogP contribution in [0.3, 0.4) is 0 Å². The lowest BCUT2D eigenvalue weighted by Gasteiger charge is -2.08. The average molecular weight is 370 g/mol. The Morgan fingerprint density at radius 3 is 2.62 bits per heavy atom. The molecule has 0 bridgehead atoms. The molecule has 3 aromatic rings. The van der Waals surface area contributed by atoms with Crippen molar-refractivity contribution in [3.63, 3.8) is 0 Å². The molecule has 2 heterocycles. The van der Waals surface area contributed by atoms with Gasteiger partial charge in [-0.2, -0.15) is 0 Å². The number of benzene rings is 1. The van der Waals surface area contributed by atoms with Crippen LogP contribution in [0.25, 0.3) is 11.1 Å². The zero-order valence-corrected chi connectivity index (χ0v) is 14.9. The Morgan fingerprint density at radius 2 is 1.92 bits per heavy atom. The van der Waals surface area contributed by atoms with Gasteiger partial charge in [-0.25, -0.2) is 13.8 Å². The van der Waals surface area contributed by atoms with Crippen molar-refractivity contribution in [2.24, 2.45) is 0 Å². The third-order valence-corrected chi connectivity index (χ3v) is 5.79. The molecule has 1 aliphatic rings. The van der Waals surface area contributed by atoms with Crippen LogP contribution in [0.5, 0.6) is 0 Å². The first-order chi connectivity index (χ1) is 12.5. The van der Waals surface area contributed by atoms with E-state index in [9.17, 15) is 13.6 Å². The Labute approximate surface area is 153 Å². The van der Waals surface area contributed by atoms with Crippen LogP contribution in [0, 0.1) is 18.6 Å². The van der Waals surface area contributed by atoms with E-state index in [-0.39, 0.29) is 5.82 Å². The van der Waals surface area contributed by atoms with Crippen molar-refractivity contribution >= 4 is 23.1 Å². The molecule has 0 fully saturated rings. The predicted octanol–water partition coefficient (Wildman–Crippen LogP) is 5.14. The molecule has 0 saturated carbocycles. The number of nitrogens with one attached hydrogen (secondary N) is 1. The van der Waals surface area contributed by atoms with Gasteiger partial charge in [0, 0.05) is 27.1 Å². The fraction of sp³-hybridized carbons (Fsp3) is 0.200. The highest BCUT2D eigenvalue weighted by molar-refractivity contribution is 7.12. The summed E-state index contributed by atoms with van der Waals surface area (Å²) in [5.41, 5.74) is 3.02. The summed E-state index contributed by atoms with van der Waals surface area (Å²) in [7, 11) is 0. The van der Waals surface area contributed by atoms with Crippen LogP contribution in [0.2, 0.25) is 0 Å². The van der Waals surface area contributed by atoms with Crippen molar-refractivity contribution in [3.8, 4) is 11.1 Å². The first-order valence-corrected chi connectivity index (χ1v) is 9.19. The molecule has 0 spiro atoms. The molecule has 0 aliphatic heterocycles. The van der Waals surface area contributed by atoms with Gasteiger partial charge in [-0.3, -0.25) is 4.79 Å². The van der Waals surface area contributed by atoms with E-state index in [1.165, 1.54) is 33.4 Å². The Hall–Kier alpha value is -2.60. The second-order valence-electron chi connectivity index (χ2n) is 6.27. The number of nitrogens with zero attached hydrogens (tertiary/aromatic N) is 1. The van der Waals surface area contributed by atoms with E-state index >= 15 is 0 Å². The van der Waals surface area contributed by atoms with Crippen molar-refractivity contribution in [2.45, 2.75) is 26.2 Å². The van der Waals surface area contributed by atoms with Gasteiger partial charge >= 0.3 is 0 Å². The van der Waals surface area contributed by atoms with E-state index in [1.807, 2.05) is 17.4 Å². The van der Waals surface area contributed by atoms with Crippen LogP contribution in [-0.4, -0.2) is 10.9 Å². The minimum Gasteiger partial charge on any atom is -0.306 e. The highest BCUT2D eigenvalue weighted by atomic mass is 32.1. The van der Waals surface area contributed by atoms with Gasteiger partial charge in [0.15, 0.2) is 0 Å². The van der Waals surface area contributed by atoms with E-state index in [4.69, 9.17) is 0 Å². The Morgan fingerprint density at radius 1 is 1.15 bits per heavy atom. The maximum absolute atomic E-state index is 13.7. The van der Waals surface area contributed by atoms with Crippen molar-refractivity contribution in [1.82, 2.24) is 4.98 Å². The summed E-state index contributed by atoms with van der Waals surface area (Å²) in [5, 5.41) is 2.45. The number of halogens is 2. The lowest BCUT2D eigenvalue weighted by molar-refractivity contribution is 0.101. The average Bonchev–Trinajstić information content (AvgIpc) is 3.15. The predicted molar refractivity (Wildman–Crippen MR) is 98.6 cm³/mol. The van der Waals surface area contributed by atoms with Crippen molar-refractivity contribution in [3.05, 3.63) is 69.0 Å². The summed E-state index contributed by atoms with van der Waals surface area (Å²) in [6.07, 6.45) is 5.10. The number of hydrogen-bond donors (Lipinski definition) is 1. The third kappa shape index (κ3) is 2.90. The molecule has 1 amide bonds. The number of fused-ring (bicyclic) bond motifs is 1. The second kappa shape index (κ2) is 6.61. The highest BCUT2D eigenvalue weighted by Gasteiger charge is 2.22. The zero-order valence-electron chi connectivity index (χ0n) is 14.1. The molecule has 2 aromatic heterocycles. The Bertz CT molecular complexity index is 976. The monoisotopic (exact) mass is 370 g/mol. The SMILES string of the molecule is Cc1sc2c(c1-c1ccc(NC(=O)c3c(F)cccc3F)nc1)CCC2. The minimum absolute atomic E-state index is 0.255. The van der Waals surface area contributed by atoms with Gasteiger partial charge in [0.05, 0.1) is 0 Å². The first kappa shape index (κ1) is 16.8. The fourth-order valence-corrected chi connectivity index (χ4v) is 4.71. The van der Waals surface area contributed by atoms with E-state index in [0.717, 1.165) is 30.5 Å². The molecule has 0 saturated heterocycles. The molecular formula is C20H16F2N2OS. The topological polar surface area (TPSA) is 42.0 Å². The van der Waals surface area contributed by atoms with Crippen molar-refractivity contribution in [2.75, 3.05) is 5.32 Å². The molecule has 1 N–H and O–H groups in total. The van der Waals surface area contributed by atoms with Gasteiger partial charge in [-0.15, -0.1) is 11.3 Å². The van der Waals surface area contributed by atoms with Crippen LogP contribution < -0.4 is 5.32 Å². The molecule has 4 rings (SSSR count). The fourth-order valence-electron chi connectivity index (χ4n) is 3.43. The summed E-state index contributed by atoms with van der Waals surface area (Å²) in [5.74, 6) is -2.40. The van der Waals surface area contributed by atoms with Crippen LogP contribution in [0.4, 0.5) is 14.6 Å². The number of rotatable bonds is 3. The van der Waals surface area contributed by atoms with E-state index in [1.54, 1.807) is 12.3 Å². The largest absolute Gasteiger partial charge is 0.306 e. The number of aromatic nitrogens is 1. The zero-order chi connectivity index (χ0) is 18.3. The Kier molecular flexibility index (Phi) is 4.28. The van der Waals surface area contributed by atoms with Gasteiger partial charge in [-0.05, 0) is 56.0 Å². The van der Waals surface area contributed by atoms with Crippen LogP contribution in [-0.2, 0) is 12.8 Å². The van der Waals surface area contributed by atoms with Crippen molar-refractivity contribution in [1.29, 1.82) is 0 Å². The third-order valence-electron chi connectivity index (χ3n) is 4.58. The number of carbonyl (C=O) groups is 1. The molecule has 1 aromatic carbocycles. The normalized spacial score (nSPS) is 12.9. The minimum atomic E-state index is -0.899. The van der Waals surface area contributed by atoms with Gasteiger partial charge in [0.1, 0.15) is 23.0 Å². The molecule has 6 heteroatoms. The van der Waals surface area contributed by atoms with Gasteiger partial charge in [-0.1, -0.05) is 6.07 Å². The van der Waals surface area contributed by atoms with E-state index < -0.39 is 23.1 Å².